The topological polar surface area (TPSA) is 62.8 Å². The van der Waals surface area contributed by atoms with Gasteiger partial charge in [0.15, 0.2) is 0 Å². The summed E-state index contributed by atoms with van der Waals surface area (Å²) >= 11 is 0. The molecule has 0 bridgehead atoms. The molecule has 0 aromatic carbocycles. The average Bonchev–Trinajstić information content (AvgIpc) is 2.07. The first-order chi connectivity index (χ1) is 6.41. The Morgan fingerprint density at radius 1 is 1.50 bits per heavy atom. The van der Waals surface area contributed by atoms with Gasteiger partial charge in [-0.05, 0) is 0 Å². The van der Waals surface area contributed by atoms with Gasteiger partial charge in [0.1, 0.15) is 11.5 Å². The Balaban J connectivity index is 2.86. The molecular formula is C10H14N2O2. The fourth-order valence-electron chi connectivity index (χ4n) is 0.925. The second-order valence-electron chi connectivity index (χ2n) is 4.21. The van der Waals surface area contributed by atoms with Crippen LogP contribution in [-0.4, -0.2) is 15.8 Å². The summed E-state index contributed by atoms with van der Waals surface area (Å²) in [6.07, 6.45) is 3.03. The number of aromatic nitrogens is 2. The average molecular weight is 194 g/mol. The quantitative estimate of drug-likeness (QED) is 0.761. The van der Waals surface area contributed by atoms with Gasteiger partial charge in [0.2, 0.25) is 0 Å². The molecule has 0 radical (unpaired) electrons. The second kappa shape index (κ2) is 3.74. The molecule has 76 valence electrons. The van der Waals surface area contributed by atoms with Gasteiger partial charge < -0.3 is 4.98 Å². The van der Waals surface area contributed by atoms with Crippen LogP contribution in [0.4, 0.5) is 0 Å². The van der Waals surface area contributed by atoms with Crippen molar-refractivity contribution < 1.29 is 4.79 Å². The van der Waals surface area contributed by atoms with E-state index in [1.165, 1.54) is 12.4 Å². The molecule has 1 aromatic rings. The van der Waals surface area contributed by atoms with Crippen LogP contribution in [0.3, 0.4) is 0 Å². The van der Waals surface area contributed by atoms with E-state index in [1.54, 1.807) is 0 Å². The lowest BCUT2D eigenvalue weighted by atomic mass is 9.88. The number of ketones is 1. The Kier molecular flexibility index (Phi) is 2.84. The lowest BCUT2D eigenvalue weighted by Crippen LogP contribution is -2.26. The van der Waals surface area contributed by atoms with Gasteiger partial charge in [0, 0.05) is 17.8 Å². The molecule has 1 heterocycles. The van der Waals surface area contributed by atoms with Crippen molar-refractivity contribution in [3.05, 3.63) is 28.4 Å². The molecule has 0 amide bonds. The smallest absolute Gasteiger partial charge is 0.270 e. The molecule has 0 saturated heterocycles. The molecule has 1 aromatic heterocycles. The first-order valence-electron chi connectivity index (χ1n) is 4.47. The van der Waals surface area contributed by atoms with Gasteiger partial charge in [0.25, 0.3) is 5.56 Å². The van der Waals surface area contributed by atoms with Crippen LogP contribution in [0.1, 0.15) is 26.5 Å². The lowest BCUT2D eigenvalue weighted by Gasteiger charge is -2.15. The molecule has 1 rings (SSSR count). The van der Waals surface area contributed by atoms with Crippen molar-refractivity contribution >= 4 is 5.78 Å². The summed E-state index contributed by atoms with van der Waals surface area (Å²) < 4.78 is 0. The Hall–Kier alpha value is -1.45. The highest BCUT2D eigenvalue weighted by Crippen LogP contribution is 2.15. The van der Waals surface area contributed by atoms with Gasteiger partial charge >= 0.3 is 0 Å². The number of H-pyrrole nitrogens is 1. The van der Waals surface area contributed by atoms with Crippen LogP contribution >= 0.6 is 0 Å². The summed E-state index contributed by atoms with van der Waals surface area (Å²) in [5.74, 6) is 0.0155. The van der Waals surface area contributed by atoms with Crippen LogP contribution in [0.25, 0.3) is 0 Å². The largest absolute Gasteiger partial charge is 0.326 e. The van der Waals surface area contributed by atoms with Crippen LogP contribution in [0.15, 0.2) is 17.2 Å². The fourth-order valence-corrected chi connectivity index (χ4v) is 0.925. The van der Waals surface area contributed by atoms with Gasteiger partial charge in [0.05, 0.1) is 6.42 Å². The van der Waals surface area contributed by atoms with E-state index in [0.717, 1.165) is 0 Å². The lowest BCUT2D eigenvalue weighted by molar-refractivity contribution is -0.125. The molecule has 0 unspecified atom stereocenters. The van der Waals surface area contributed by atoms with E-state index >= 15 is 0 Å². The highest BCUT2D eigenvalue weighted by atomic mass is 16.1. The minimum Gasteiger partial charge on any atom is -0.326 e. The third-order valence-corrected chi connectivity index (χ3v) is 1.95. The van der Waals surface area contributed by atoms with Gasteiger partial charge in [-0.25, -0.2) is 0 Å². The number of Topliss-reactive ketones (excluding diaryl/α,β-unsaturated/α-hetero) is 1. The molecule has 0 atom stereocenters. The van der Waals surface area contributed by atoms with E-state index < -0.39 is 5.41 Å². The number of aromatic amines is 1. The van der Waals surface area contributed by atoms with Crippen LogP contribution in [0, 0.1) is 5.41 Å². The molecule has 1 N–H and O–H groups in total. The Morgan fingerprint density at radius 3 is 2.64 bits per heavy atom. The van der Waals surface area contributed by atoms with Crippen molar-refractivity contribution in [1.29, 1.82) is 0 Å². The number of nitrogens with zero attached hydrogens (tertiary/aromatic N) is 1. The summed E-state index contributed by atoms with van der Waals surface area (Å²) in [4.78, 5) is 29.2. The van der Waals surface area contributed by atoms with Crippen LogP contribution in [-0.2, 0) is 11.2 Å². The standard InChI is InChI=1S/C10H14N2O2/c1-10(2,3)8(13)6-7-9(14)12-5-4-11-7/h4-5H,6H2,1-3H3,(H,12,14). The van der Waals surface area contributed by atoms with Crippen molar-refractivity contribution in [3.8, 4) is 0 Å². The molecule has 0 fully saturated rings. The van der Waals surface area contributed by atoms with E-state index in [1.807, 2.05) is 20.8 Å². The predicted molar refractivity (Wildman–Crippen MR) is 53.0 cm³/mol. The van der Waals surface area contributed by atoms with E-state index in [9.17, 15) is 9.59 Å². The van der Waals surface area contributed by atoms with Crippen molar-refractivity contribution in [2.75, 3.05) is 0 Å². The Labute approximate surface area is 82.4 Å². The van der Waals surface area contributed by atoms with E-state index in [2.05, 4.69) is 9.97 Å². The first-order valence-corrected chi connectivity index (χ1v) is 4.47. The summed E-state index contributed by atoms with van der Waals surface area (Å²) in [5, 5.41) is 0. The van der Waals surface area contributed by atoms with Crippen LogP contribution in [0.2, 0.25) is 0 Å². The van der Waals surface area contributed by atoms with Crippen molar-refractivity contribution in [3.63, 3.8) is 0 Å². The summed E-state index contributed by atoms with van der Waals surface area (Å²) in [5.41, 5.74) is -0.429. The Morgan fingerprint density at radius 2 is 2.14 bits per heavy atom. The molecule has 4 heteroatoms. The minimum atomic E-state index is -0.427. The maximum absolute atomic E-state index is 11.6. The zero-order chi connectivity index (χ0) is 10.8. The van der Waals surface area contributed by atoms with Gasteiger partial charge in [-0.15, -0.1) is 0 Å². The van der Waals surface area contributed by atoms with Gasteiger partial charge in [-0.3, -0.25) is 14.6 Å². The molecule has 14 heavy (non-hydrogen) atoms. The molecule has 0 saturated carbocycles. The Bertz CT molecular complexity index is 388. The molecule has 4 nitrogen and oxygen atoms in total. The highest BCUT2D eigenvalue weighted by molar-refractivity contribution is 5.85. The molecule has 0 spiro atoms. The maximum atomic E-state index is 11.6. The summed E-state index contributed by atoms with van der Waals surface area (Å²) in [7, 11) is 0. The zero-order valence-corrected chi connectivity index (χ0v) is 8.63. The summed E-state index contributed by atoms with van der Waals surface area (Å²) in [6.45, 7) is 5.48. The van der Waals surface area contributed by atoms with Crippen LogP contribution in [0.5, 0.6) is 0 Å². The predicted octanol–water partition coefficient (Wildman–Crippen LogP) is 0.928. The number of carbonyl (C=O) groups excluding carboxylic acids is 1. The number of rotatable bonds is 2. The number of hydrogen-bond acceptors (Lipinski definition) is 3. The molecular weight excluding hydrogens is 180 g/mol. The molecule has 0 aliphatic carbocycles. The van der Waals surface area contributed by atoms with E-state index in [-0.39, 0.29) is 23.5 Å². The van der Waals surface area contributed by atoms with E-state index in [4.69, 9.17) is 0 Å². The maximum Gasteiger partial charge on any atom is 0.270 e. The SMILES string of the molecule is CC(C)(C)C(=O)Cc1ncc[nH]c1=O. The van der Waals surface area contributed by atoms with Gasteiger partial charge in [-0.2, -0.15) is 0 Å². The summed E-state index contributed by atoms with van der Waals surface area (Å²) in [6, 6.07) is 0. The number of carbonyl (C=O) groups is 1. The highest BCUT2D eigenvalue weighted by Gasteiger charge is 2.22. The number of hydrogen-bond donors (Lipinski definition) is 1. The van der Waals surface area contributed by atoms with Crippen molar-refractivity contribution in [2.24, 2.45) is 5.41 Å². The third-order valence-electron chi connectivity index (χ3n) is 1.95. The molecule has 0 aliphatic rings. The van der Waals surface area contributed by atoms with Crippen molar-refractivity contribution in [2.45, 2.75) is 27.2 Å². The zero-order valence-electron chi connectivity index (χ0n) is 8.63. The first kappa shape index (κ1) is 10.6. The monoisotopic (exact) mass is 194 g/mol. The van der Waals surface area contributed by atoms with Crippen molar-refractivity contribution in [1.82, 2.24) is 9.97 Å². The fraction of sp³-hybridized carbons (Fsp3) is 0.500. The van der Waals surface area contributed by atoms with E-state index in [0.29, 0.717) is 0 Å². The minimum absolute atomic E-state index is 0.0155. The van der Waals surface area contributed by atoms with Gasteiger partial charge in [-0.1, -0.05) is 20.8 Å². The second-order valence-corrected chi connectivity index (χ2v) is 4.21. The number of nitrogens with one attached hydrogen (secondary N) is 1. The van der Waals surface area contributed by atoms with Crippen LogP contribution < -0.4 is 5.56 Å². The normalized spacial score (nSPS) is 11.4. The molecule has 0 aliphatic heterocycles. The third kappa shape index (κ3) is 2.52.